The Morgan fingerprint density at radius 1 is 1.05 bits per heavy atom. The maximum absolute atomic E-state index is 2.78. The van der Waals surface area contributed by atoms with E-state index in [1.54, 1.807) is 0 Å². The van der Waals surface area contributed by atoms with E-state index in [1.807, 2.05) is 0 Å². The van der Waals surface area contributed by atoms with E-state index < -0.39 is 0 Å². The summed E-state index contributed by atoms with van der Waals surface area (Å²) >= 11 is 0. The van der Waals surface area contributed by atoms with E-state index in [0.29, 0.717) is 5.92 Å². The molecule has 0 unspecified atom stereocenters. The predicted molar refractivity (Wildman–Crippen MR) is 89.7 cm³/mol. The molecule has 21 heavy (non-hydrogen) atoms. The molecule has 3 saturated heterocycles. The highest BCUT2D eigenvalue weighted by molar-refractivity contribution is 5.30. The summed E-state index contributed by atoms with van der Waals surface area (Å²) < 4.78 is 0. The van der Waals surface area contributed by atoms with Crippen molar-refractivity contribution in [3.63, 3.8) is 0 Å². The van der Waals surface area contributed by atoms with Crippen molar-refractivity contribution in [3.8, 4) is 0 Å². The van der Waals surface area contributed by atoms with Crippen LogP contribution in [0.5, 0.6) is 0 Å². The van der Waals surface area contributed by atoms with Crippen molar-refractivity contribution in [1.29, 1.82) is 0 Å². The van der Waals surface area contributed by atoms with Crippen LogP contribution >= 0.6 is 0 Å². The van der Waals surface area contributed by atoms with Crippen LogP contribution in [0.25, 0.3) is 0 Å². The molecule has 0 spiro atoms. The fraction of sp³-hybridized carbons (Fsp3) is 0.684. The summed E-state index contributed by atoms with van der Waals surface area (Å²) in [6.45, 7) is 14.4. The Morgan fingerprint density at radius 3 is 2.43 bits per heavy atom. The third-order valence-electron chi connectivity index (χ3n) is 5.63. The molecule has 0 radical (unpaired) electrons. The van der Waals surface area contributed by atoms with Crippen LogP contribution in [0.3, 0.4) is 0 Å². The number of fused-ring (bicyclic) bond motifs is 4. The van der Waals surface area contributed by atoms with E-state index in [2.05, 4.69) is 61.8 Å². The zero-order valence-corrected chi connectivity index (χ0v) is 14.1. The minimum absolute atomic E-state index is 0.135. The molecule has 1 aromatic rings. The van der Waals surface area contributed by atoms with Crippen LogP contribution in [0.4, 0.5) is 0 Å². The summed E-state index contributed by atoms with van der Waals surface area (Å²) in [6.07, 6.45) is 2.68. The van der Waals surface area contributed by atoms with Gasteiger partial charge in [-0.3, -0.25) is 4.90 Å². The highest BCUT2D eigenvalue weighted by Gasteiger charge is 2.38. The first-order valence-corrected chi connectivity index (χ1v) is 8.58. The smallest absolute Gasteiger partial charge is 0.0408 e. The molecule has 3 heterocycles. The lowest BCUT2D eigenvalue weighted by Gasteiger charge is -2.43. The van der Waals surface area contributed by atoms with Crippen LogP contribution in [0.15, 0.2) is 24.3 Å². The van der Waals surface area contributed by atoms with Gasteiger partial charge >= 0.3 is 0 Å². The van der Waals surface area contributed by atoms with Crippen molar-refractivity contribution in [2.45, 2.75) is 58.0 Å². The maximum Gasteiger partial charge on any atom is 0.0408 e. The molecule has 0 aliphatic carbocycles. The van der Waals surface area contributed by atoms with Gasteiger partial charge in [-0.05, 0) is 56.8 Å². The van der Waals surface area contributed by atoms with Crippen molar-refractivity contribution in [2.75, 3.05) is 26.2 Å². The molecule has 4 rings (SSSR count). The number of piperidine rings is 1. The van der Waals surface area contributed by atoms with Crippen LogP contribution in [0, 0.1) is 0 Å². The Balaban J connectivity index is 1.90. The standard InChI is InChI=1S/C19H30N2/c1-15(2)16-6-5-7-17(14-16)19(3,4)21-13-12-20-10-8-18(21)9-11-20/h5-7,14-15,18H,8-13H2,1-4H3. The summed E-state index contributed by atoms with van der Waals surface area (Å²) in [6, 6.07) is 10.0. The second-order valence-electron chi connectivity index (χ2n) is 7.61. The van der Waals surface area contributed by atoms with Crippen molar-refractivity contribution in [3.05, 3.63) is 35.4 Å². The molecule has 3 aliphatic heterocycles. The lowest BCUT2D eigenvalue weighted by molar-refractivity contribution is 0.0701. The Kier molecular flexibility index (Phi) is 4.11. The van der Waals surface area contributed by atoms with Gasteiger partial charge in [0.05, 0.1) is 0 Å². The van der Waals surface area contributed by atoms with Gasteiger partial charge in [0.1, 0.15) is 0 Å². The summed E-state index contributed by atoms with van der Waals surface area (Å²) in [5.41, 5.74) is 3.08. The number of nitrogens with zero attached hydrogens (tertiary/aromatic N) is 2. The summed E-state index contributed by atoms with van der Waals surface area (Å²) in [7, 11) is 0. The fourth-order valence-corrected chi connectivity index (χ4v) is 4.07. The minimum Gasteiger partial charge on any atom is -0.302 e. The summed E-state index contributed by atoms with van der Waals surface area (Å²) in [5, 5.41) is 0. The Labute approximate surface area is 130 Å². The largest absolute Gasteiger partial charge is 0.302 e. The van der Waals surface area contributed by atoms with E-state index in [1.165, 1.54) is 50.1 Å². The molecule has 116 valence electrons. The minimum atomic E-state index is 0.135. The van der Waals surface area contributed by atoms with Gasteiger partial charge < -0.3 is 4.90 Å². The molecule has 3 aliphatic rings. The van der Waals surface area contributed by atoms with Gasteiger partial charge in [0.25, 0.3) is 0 Å². The van der Waals surface area contributed by atoms with E-state index >= 15 is 0 Å². The predicted octanol–water partition coefficient (Wildman–Crippen LogP) is 3.83. The molecular weight excluding hydrogens is 256 g/mol. The van der Waals surface area contributed by atoms with Gasteiger partial charge in [0.2, 0.25) is 0 Å². The van der Waals surface area contributed by atoms with Gasteiger partial charge in [-0.15, -0.1) is 0 Å². The SMILES string of the molecule is CC(C)c1cccc(C(C)(C)N2CCN3CCC2CC3)c1. The molecule has 2 heteroatoms. The van der Waals surface area contributed by atoms with Gasteiger partial charge in [0, 0.05) is 24.7 Å². The van der Waals surface area contributed by atoms with E-state index in [-0.39, 0.29) is 5.54 Å². The molecule has 0 amide bonds. The maximum atomic E-state index is 2.78. The molecule has 0 N–H and O–H groups in total. The van der Waals surface area contributed by atoms with Crippen LogP contribution in [0.2, 0.25) is 0 Å². The third-order valence-corrected chi connectivity index (χ3v) is 5.63. The molecule has 2 nitrogen and oxygen atoms in total. The molecule has 0 atom stereocenters. The first kappa shape index (κ1) is 15.1. The van der Waals surface area contributed by atoms with Crippen LogP contribution < -0.4 is 0 Å². The fourth-order valence-electron chi connectivity index (χ4n) is 4.07. The monoisotopic (exact) mass is 286 g/mol. The molecule has 1 aromatic carbocycles. The number of rotatable bonds is 3. The Morgan fingerprint density at radius 2 is 1.76 bits per heavy atom. The summed E-state index contributed by atoms with van der Waals surface area (Å²) in [5.74, 6) is 0.604. The van der Waals surface area contributed by atoms with Gasteiger partial charge in [-0.1, -0.05) is 38.1 Å². The Bertz CT molecular complexity index is 484. The molecule has 3 fully saturated rings. The zero-order valence-electron chi connectivity index (χ0n) is 14.1. The highest BCUT2D eigenvalue weighted by Crippen LogP contribution is 2.35. The molecule has 0 aromatic heterocycles. The normalized spacial score (nSPS) is 27.1. The topological polar surface area (TPSA) is 6.48 Å². The lowest BCUT2D eigenvalue weighted by atomic mass is 9.87. The highest BCUT2D eigenvalue weighted by atomic mass is 15.3. The number of hydrogen-bond acceptors (Lipinski definition) is 2. The average Bonchev–Trinajstić information content (AvgIpc) is 2.81. The first-order valence-electron chi connectivity index (χ1n) is 8.58. The van der Waals surface area contributed by atoms with E-state index in [9.17, 15) is 0 Å². The number of hydrogen-bond donors (Lipinski definition) is 0. The van der Waals surface area contributed by atoms with E-state index in [4.69, 9.17) is 0 Å². The lowest BCUT2D eigenvalue weighted by Crippen LogP contribution is -2.48. The third kappa shape index (κ3) is 2.89. The summed E-state index contributed by atoms with van der Waals surface area (Å²) in [4.78, 5) is 5.41. The quantitative estimate of drug-likeness (QED) is 0.833. The van der Waals surface area contributed by atoms with Crippen LogP contribution in [-0.2, 0) is 5.54 Å². The molecule has 0 saturated carbocycles. The average molecular weight is 286 g/mol. The van der Waals surface area contributed by atoms with Crippen molar-refractivity contribution < 1.29 is 0 Å². The second kappa shape index (κ2) is 5.73. The van der Waals surface area contributed by atoms with Gasteiger partial charge in [-0.2, -0.15) is 0 Å². The molecule has 2 bridgehead atoms. The van der Waals surface area contributed by atoms with E-state index in [0.717, 1.165) is 6.04 Å². The molecular formula is C19H30N2. The van der Waals surface area contributed by atoms with Crippen molar-refractivity contribution in [2.24, 2.45) is 0 Å². The van der Waals surface area contributed by atoms with Crippen molar-refractivity contribution >= 4 is 0 Å². The Hall–Kier alpha value is -0.860. The van der Waals surface area contributed by atoms with Gasteiger partial charge in [-0.25, -0.2) is 0 Å². The van der Waals surface area contributed by atoms with Gasteiger partial charge in [0.15, 0.2) is 0 Å². The van der Waals surface area contributed by atoms with Crippen LogP contribution in [-0.4, -0.2) is 42.0 Å². The van der Waals surface area contributed by atoms with Crippen LogP contribution in [0.1, 0.15) is 57.6 Å². The second-order valence-corrected chi connectivity index (χ2v) is 7.61. The zero-order chi connectivity index (χ0) is 15.0. The first-order chi connectivity index (χ1) is 9.98. The number of benzene rings is 1. The van der Waals surface area contributed by atoms with Crippen molar-refractivity contribution in [1.82, 2.24) is 9.80 Å².